The molecule has 1 unspecified atom stereocenters. The lowest BCUT2D eigenvalue weighted by Crippen LogP contribution is -2.47. The van der Waals surface area contributed by atoms with Crippen molar-refractivity contribution in [2.45, 2.75) is 52.0 Å². The van der Waals surface area contributed by atoms with Crippen LogP contribution in [0.2, 0.25) is 0 Å². The molecule has 3 aliphatic rings. The first-order valence-corrected chi connectivity index (χ1v) is 7.93. The number of aliphatic carboxylic acids is 1. The van der Waals surface area contributed by atoms with Gasteiger partial charge in [0.1, 0.15) is 6.29 Å². The van der Waals surface area contributed by atoms with Gasteiger partial charge < -0.3 is 9.90 Å². The van der Waals surface area contributed by atoms with Crippen LogP contribution in [-0.4, -0.2) is 41.4 Å². The van der Waals surface area contributed by atoms with Gasteiger partial charge in [-0.3, -0.25) is 9.69 Å². The van der Waals surface area contributed by atoms with Gasteiger partial charge in [-0.25, -0.2) is 0 Å². The summed E-state index contributed by atoms with van der Waals surface area (Å²) < 4.78 is 0. The SMILES string of the molecule is CC(C)C[C@@H](C(=O)O)C(C=O)N1CC2CCC(CC2)C1. The summed E-state index contributed by atoms with van der Waals surface area (Å²) in [4.78, 5) is 25.3. The van der Waals surface area contributed by atoms with Gasteiger partial charge in [-0.15, -0.1) is 0 Å². The molecule has 2 heterocycles. The van der Waals surface area contributed by atoms with Crippen LogP contribution >= 0.6 is 0 Å². The zero-order chi connectivity index (χ0) is 14.7. The highest BCUT2D eigenvalue weighted by Gasteiger charge is 2.38. The molecule has 114 valence electrons. The summed E-state index contributed by atoms with van der Waals surface area (Å²) in [6.45, 7) is 5.84. The Labute approximate surface area is 121 Å². The average Bonchev–Trinajstić information content (AvgIpc) is 2.71. The number of carbonyl (C=O) groups is 2. The van der Waals surface area contributed by atoms with Crippen molar-refractivity contribution in [3.05, 3.63) is 0 Å². The third kappa shape index (κ3) is 3.60. The van der Waals surface area contributed by atoms with Crippen LogP contribution in [0.4, 0.5) is 0 Å². The third-order valence-electron chi connectivity index (χ3n) is 4.97. The molecule has 0 aromatic carbocycles. The van der Waals surface area contributed by atoms with Gasteiger partial charge >= 0.3 is 5.97 Å². The van der Waals surface area contributed by atoms with Crippen LogP contribution in [0.5, 0.6) is 0 Å². The Morgan fingerprint density at radius 1 is 1.20 bits per heavy atom. The van der Waals surface area contributed by atoms with Crippen LogP contribution < -0.4 is 0 Å². The van der Waals surface area contributed by atoms with Crippen LogP contribution in [0, 0.1) is 23.7 Å². The highest BCUT2D eigenvalue weighted by atomic mass is 16.4. The summed E-state index contributed by atoms with van der Waals surface area (Å²) in [5.41, 5.74) is 0. The van der Waals surface area contributed by atoms with Gasteiger partial charge in [0.15, 0.2) is 0 Å². The lowest BCUT2D eigenvalue weighted by molar-refractivity contribution is -0.146. The molecule has 2 aliphatic heterocycles. The lowest BCUT2D eigenvalue weighted by Gasteiger charge is -2.32. The summed E-state index contributed by atoms with van der Waals surface area (Å²) in [6, 6.07) is -0.448. The van der Waals surface area contributed by atoms with Crippen molar-refractivity contribution in [1.29, 1.82) is 0 Å². The van der Waals surface area contributed by atoms with E-state index in [1.165, 1.54) is 25.7 Å². The van der Waals surface area contributed by atoms with E-state index in [1.807, 2.05) is 13.8 Å². The van der Waals surface area contributed by atoms with Gasteiger partial charge in [0.25, 0.3) is 0 Å². The molecule has 0 radical (unpaired) electrons. The van der Waals surface area contributed by atoms with Gasteiger partial charge in [-0.2, -0.15) is 0 Å². The average molecular weight is 281 g/mol. The highest BCUT2D eigenvalue weighted by Crippen LogP contribution is 2.35. The van der Waals surface area contributed by atoms with Gasteiger partial charge in [-0.05, 0) is 49.9 Å². The first-order valence-electron chi connectivity index (χ1n) is 7.93. The monoisotopic (exact) mass is 281 g/mol. The molecule has 4 nitrogen and oxygen atoms in total. The van der Waals surface area contributed by atoms with E-state index in [1.54, 1.807) is 0 Å². The molecule has 2 atom stereocenters. The second kappa shape index (κ2) is 6.70. The van der Waals surface area contributed by atoms with E-state index in [4.69, 9.17) is 0 Å². The molecule has 3 fully saturated rings. The van der Waals surface area contributed by atoms with Gasteiger partial charge in [-0.1, -0.05) is 13.8 Å². The fourth-order valence-corrected chi connectivity index (χ4v) is 3.91. The predicted molar refractivity (Wildman–Crippen MR) is 77.5 cm³/mol. The normalized spacial score (nSPS) is 29.9. The summed E-state index contributed by atoms with van der Waals surface area (Å²) in [7, 11) is 0. The number of rotatable bonds is 6. The molecular weight excluding hydrogens is 254 g/mol. The molecule has 0 spiro atoms. The number of nitrogens with zero attached hydrogens (tertiary/aromatic N) is 1. The highest BCUT2D eigenvalue weighted by molar-refractivity contribution is 5.76. The molecule has 0 amide bonds. The molecule has 2 bridgehead atoms. The smallest absolute Gasteiger partial charge is 0.308 e. The second-order valence-electron chi connectivity index (χ2n) is 7.04. The molecule has 1 saturated carbocycles. The molecule has 1 N–H and O–H groups in total. The molecule has 20 heavy (non-hydrogen) atoms. The van der Waals surface area contributed by atoms with Crippen LogP contribution in [0.3, 0.4) is 0 Å². The standard InChI is InChI=1S/C16H27NO3/c1-11(2)7-14(16(19)20)15(10-18)17-8-12-3-4-13(9-17)6-5-12/h10-15H,3-9H2,1-2H3,(H,19,20)/t12?,13?,14-,15?/m1/s1. The van der Waals surface area contributed by atoms with Crippen molar-refractivity contribution in [3.8, 4) is 0 Å². The van der Waals surface area contributed by atoms with Crippen molar-refractivity contribution in [2.24, 2.45) is 23.7 Å². The Kier molecular flexibility index (Phi) is 5.19. The fourth-order valence-electron chi connectivity index (χ4n) is 3.91. The van der Waals surface area contributed by atoms with E-state index >= 15 is 0 Å². The number of carboxylic acids is 1. The number of aldehydes is 1. The largest absolute Gasteiger partial charge is 0.481 e. The summed E-state index contributed by atoms with van der Waals surface area (Å²) in [6.07, 6.45) is 6.43. The zero-order valence-corrected chi connectivity index (χ0v) is 12.6. The Balaban J connectivity index is 2.12. The van der Waals surface area contributed by atoms with Crippen molar-refractivity contribution >= 4 is 12.3 Å². The maximum Gasteiger partial charge on any atom is 0.308 e. The van der Waals surface area contributed by atoms with Crippen LogP contribution in [-0.2, 0) is 9.59 Å². The van der Waals surface area contributed by atoms with Crippen LogP contribution in [0.1, 0.15) is 46.0 Å². The van der Waals surface area contributed by atoms with Gasteiger partial charge in [0, 0.05) is 13.1 Å². The Morgan fingerprint density at radius 2 is 1.70 bits per heavy atom. The van der Waals surface area contributed by atoms with E-state index in [2.05, 4.69) is 4.90 Å². The molecule has 3 rings (SSSR count). The Bertz CT molecular complexity index is 334. The molecule has 2 saturated heterocycles. The molecule has 1 aliphatic carbocycles. The molecular formula is C16H27NO3. The first-order chi connectivity index (χ1) is 9.51. The summed E-state index contributed by atoms with van der Waals surface area (Å²) >= 11 is 0. The van der Waals surface area contributed by atoms with E-state index in [0.29, 0.717) is 24.2 Å². The summed E-state index contributed by atoms with van der Waals surface area (Å²) in [5.74, 6) is 0.217. The van der Waals surface area contributed by atoms with Crippen molar-refractivity contribution in [2.75, 3.05) is 13.1 Å². The van der Waals surface area contributed by atoms with E-state index in [-0.39, 0.29) is 0 Å². The van der Waals surface area contributed by atoms with Crippen molar-refractivity contribution in [1.82, 2.24) is 4.90 Å². The second-order valence-corrected chi connectivity index (χ2v) is 7.04. The van der Waals surface area contributed by atoms with Crippen LogP contribution in [0.15, 0.2) is 0 Å². The number of carboxylic acid groups (broad SMARTS) is 1. The minimum Gasteiger partial charge on any atom is -0.481 e. The lowest BCUT2D eigenvalue weighted by atomic mass is 9.84. The third-order valence-corrected chi connectivity index (χ3v) is 4.97. The van der Waals surface area contributed by atoms with Crippen molar-refractivity contribution in [3.63, 3.8) is 0 Å². The maximum absolute atomic E-state index is 11.6. The van der Waals surface area contributed by atoms with E-state index < -0.39 is 17.9 Å². The zero-order valence-electron chi connectivity index (χ0n) is 12.6. The molecule has 0 aromatic heterocycles. The maximum atomic E-state index is 11.6. The quantitative estimate of drug-likeness (QED) is 0.760. The minimum atomic E-state index is -0.826. The van der Waals surface area contributed by atoms with E-state index in [9.17, 15) is 14.7 Å². The number of hydrogen-bond acceptors (Lipinski definition) is 3. The number of fused-ring (bicyclic) bond motifs is 4. The molecule has 4 heteroatoms. The Morgan fingerprint density at radius 3 is 2.05 bits per heavy atom. The number of carbonyl (C=O) groups excluding carboxylic acids is 1. The van der Waals surface area contributed by atoms with Gasteiger partial charge in [0.05, 0.1) is 12.0 Å². The minimum absolute atomic E-state index is 0.294. The Hall–Kier alpha value is -0.900. The fraction of sp³-hybridized carbons (Fsp3) is 0.875. The van der Waals surface area contributed by atoms with Crippen molar-refractivity contribution < 1.29 is 14.7 Å². The summed E-state index contributed by atoms with van der Waals surface area (Å²) in [5, 5.41) is 9.49. The molecule has 0 aromatic rings. The number of hydrogen-bond donors (Lipinski definition) is 1. The predicted octanol–water partition coefficient (Wildman–Crippen LogP) is 2.42. The first kappa shape index (κ1) is 15.5. The van der Waals surface area contributed by atoms with Crippen LogP contribution in [0.25, 0.3) is 0 Å². The van der Waals surface area contributed by atoms with Gasteiger partial charge in [0.2, 0.25) is 0 Å². The topological polar surface area (TPSA) is 57.6 Å². The van der Waals surface area contributed by atoms with E-state index in [0.717, 1.165) is 19.4 Å².